The van der Waals surface area contributed by atoms with E-state index >= 15 is 0 Å². The predicted molar refractivity (Wildman–Crippen MR) is 99.0 cm³/mol. The molecule has 0 atom stereocenters. The molecular weight excluding hydrogens is 353 g/mol. The fourth-order valence-corrected chi connectivity index (χ4v) is 2.75. The third-order valence-corrected chi connectivity index (χ3v) is 4.61. The van der Waals surface area contributed by atoms with Crippen molar-refractivity contribution in [3.63, 3.8) is 0 Å². The van der Waals surface area contributed by atoms with Gasteiger partial charge in [0, 0.05) is 6.42 Å². The minimum absolute atomic E-state index is 0.113. The van der Waals surface area contributed by atoms with Gasteiger partial charge >= 0.3 is 0 Å². The Hall–Kier alpha value is -1.22. The Morgan fingerprint density at radius 3 is 2.22 bits per heavy atom. The zero-order valence-corrected chi connectivity index (χ0v) is 15.3. The van der Waals surface area contributed by atoms with Crippen LogP contribution in [0, 0.1) is 0 Å². The zero-order valence-electron chi connectivity index (χ0n) is 13.0. The predicted octanol–water partition coefficient (Wildman–Crippen LogP) is 6.34. The zero-order chi connectivity index (χ0) is 17.0. The summed E-state index contributed by atoms with van der Waals surface area (Å²) in [6, 6.07) is 11.4. The molecule has 2 aromatic carbocycles. The first-order valence-electron chi connectivity index (χ1n) is 7.40. The number of carbonyl (C=O) groups excluding carboxylic acids is 1. The molecule has 0 aliphatic heterocycles. The maximum atomic E-state index is 12.1. The normalized spacial score (nSPS) is 10.9. The van der Waals surface area contributed by atoms with Crippen molar-refractivity contribution in [2.45, 2.75) is 32.6 Å². The van der Waals surface area contributed by atoms with E-state index in [0.717, 1.165) is 5.56 Å². The van der Waals surface area contributed by atoms with Crippen LogP contribution in [0.4, 0.5) is 5.69 Å². The van der Waals surface area contributed by atoms with Crippen LogP contribution < -0.4 is 5.32 Å². The van der Waals surface area contributed by atoms with E-state index in [0.29, 0.717) is 39.5 Å². The number of halogens is 3. The highest BCUT2D eigenvalue weighted by Crippen LogP contribution is 2.32. The van der Waals surface area contributed by atoms with Gasteiger partial charge in [-0.1, -0.05) is 72.9 Å². The van der Waals surface area contributed by atoms with Gasteiger partial charge in [-0.3, -0.25) is 4.79 Å². The van der Waals surface area contributed by atoms with Crippen molar-refractivity contribution in [1.82, 2.24) is 0 Å². The summed E-state index contributed by atoms with van der Waals surface area (Å²) < 4.78 is 0. The van der Waals surface area contributed by atoms with E-state index in [2.05, 4.69) is 43.4 Å². The van der Waals surface area contributed by atoms with Gasteiger partial charge in [0.2, 0.25) is 5.91 Å². The summed E-state index contributed by atoms with van der Waals surface area (Å²) in [5.41, 5.74) is 2.90. The molecule has 0 bridgehead atoms. The summed E-state index contributed by atoms with van der Waals surface area (Å²) >= 11 is 17.9. The highest BCUT2D eigenvalue weighted by atomic mass is 35.5. The number of nitrogens with one attached hydrogen (secondary N) is 1. The molecule has 1 N–H and O–H groups in total. The molecular formula is C18H18Cl3NO. The van der Waals surface area contributed by atoms with Crippen LogP contribution in [0.15, 0.2) is 36.4 Å². The molecule has 0 aliphatic carbocycles. The number of anilines is 1. The average molecular weight is 371 g/mol. The van der Waals surface area contributed by atoms with Crippen LogP contribution in [0.3, 0.4) is 0 Å². The average Bonchev–Trinajstić information content (AvgIpc) is 2.51. The molecule has 122 valence electrons. The maximum Gasteiger partial charge on any atom is 0.224 e. The molecule has 0 saturated heterocycles. The standard InChI is InChI=1S/C18H18Cl3NO/c1-11(2)13-6-3-12(4-7-13)5-8-18(23)22-17-10-15(20)14(19)9-16(17)21/h3-4,6-7,9-11H,5,8H2,1-2H3,(H,22,23). The number of amides is 1. The molecule has 23 heavy (non-hydrogen) atoms. The molecule has 0 heterocycles. The summed E-state index contributed by atoms with van der Waals surface area (Å²) in [5, 5.41) is 3.85. The summed E-state index contributed by atoms with van der Waals surface area (Å²) in [6.07, 6.45) is 1.04. The largest absolute Gasteiger partial charge is 0.325 e. The fraction of sp³-hybridized carbons (Fsp3) is 0.278. The summed E-state index contributed by atoms with van der Waals surface area (Å²) in [5.74, 6) is 0.391. The topological polar surface area (TPSA) is 29.1 Å². The Morgan fingerprint density at radius 1 is 1.00 bits per heavy atom. The quantitative estimate of drug-likeness (QED) is 0.611. The number of aryl methyl sites for hydroxylation is 1. The van der Waals surface area contributed by atoms with Crippen LogP contribution in [0.2, 0.25) is 15.1 Å². The van der Waals surface area contributed by atoms with Gasteiger partial charge in [-0.05, 0) is 35.6 Å². The first-order chi connectivity index (χ1) is 10.9. The molecule has 2 nitrogen and oxygen atoms in total. The Morgan fingerprint density at radius 2 is 1.61 bits per heavy atom. The Labute approximate surface area is 151 Å². The molecule has 1 amide bonds. The van der Waals surface area contributed by atoms with Gasteiger partial charge in [-0.25, -0.2) is 0 Å². The van der Waals surface area contributed by atoms with Crippen LogP contribution in [0.5, 0.6) is 0 Å². The van der Waals surface area contributed by atoms with Crippen molar-refractivity contribution >= 4 is 46.4 Å². The lowest BCUT2D eigenvalue weighted by atomic mass is 10.0. The van der Waals surface area contributed by atoms with Gasteiger partial charge in [0.25, 0.3) is 0 Å². The number of hydrogen-bond acceptors (Lipinski definition) is 1. The molecule has 0 aromatic heterocycles. The van der Waals surface area contributed by atoms with E-state index in [1.54, 1.807) is 6.07 Å². The van der Waals surface area contributed by atoms with Crippen LogP contribution in [0.25, 0.3) is 0 Å². The molecule has 0 spiro atoms. The number of rotatable bonds is 5. The lowest BCUT2D eigenvalue weighted by Gasteiger charge is -2.09. The van der Waals surface area contributed by atoms with Crippen LogP contribution >= 0.6 is 34.8 Å². The van der Waals surface area contributed by atoms with Gasteiger partial charge in [-0.15, -0.1) is 0 Å². The monoisotopic (exact) mass is 369 g/mol. The molecule has 2 aromatic rings. The maximum absolute atomic E-state index is 12.1. The first-order valence-corrected chi connectivity index (χ1v) is 8.53. The lowest BCUT2D eigenvalue weighted by Crippen LogP contribution is -2.12. The van der Waals surface area contributed by atoms with E-state index in [1.165, 1.54) is 11.6 Å². The Bertz CT molecular complexity index is 696. The highest BCUT2D eigenvalue weighted by Gasteiger charge is 2.10. The highest BCUT2D eigenvalue weighted by molar-refractivity contribution is 6.44. The number of hydrogen-bond donors (Lipinski definition) is 1. The van der Waals surface area contributed by atoms with Crippen LogP contribution in [-0.2, 0) is 11.2 Å². The molecule has 0 unspecified atom stereocenters. The van der Waals surface area contributed by atoms with Gasteiger partial charge < -0.3 is 5.32 Å². The second-order valence-electron chi connectivity index (χ2n) is 5.69. The smallest absolute Gasteiger partial charge is 0.224 e. The van der Waals surface area contributed by atoms with Crippen molar-refractivity contribution in [1.29, 1.82) is 0 Å². The molecule has 0 fully saturated rings. The van der Waals surface area contributed by atoms with Gasteiger partial charge in [0.1, 0.15) is 0 Å². The van der Waals surface area contributed by atoms with Gasteiger partial charge in [0.15, 0.2) is 0 Å². The second kappa shape index (κ2) is 8.05. The third kappa shape index (κ3) is 5.13. The van der Waals surface area contributed by atoms with Crippen molar-refractivity contribution in [2.75, 3.05) is 5.32 Å². The minimum atomic E-state index is -0.113. The minimum Gasteiger partial charge on any atom is -0.325 e. The van der Waals surface area contributed by atoms with E-state index in [9.17, 15) is 4.79 Å². The molecule has 2 rings (SSSR count). The summed E-state index contributed by atoms with van der Waals surface area (Å²) in [7, 11) is 0. The number of carbonyl (C=O) groups is 1. The van der Waals surface area contributed by atoms with Crippen molar-refractivity contribution in [3.8, 4) is 0 Å². The van der Waals surface area contributed by atoms with E-state index in [1.807, 2.05) is 0 Å². The lowest BCUT2D eigenvalue weighted by molar-refractivity contribution is -0.116. The van der Waals surface area contributed by atoms with Gasteiger partial charge in [-0.2, -0.15) is 0 Å². The summed E-state index contributed by atoms with van der Waals surface area (Å²) in [4.78, 5) is 12.1. The Kier molecular flexibility index (Phi) is 6.34. The van der Waals surface area contributed by atoms with E-state index in [4.69, 9.17) is 34.8 Å². The number of benzene rings is 2. The van der Waals surface area contributed by atoms with Crippen molar-refractivity contribution in [3.05, 3.63) is 62.6 Å². The molecule has 0 saturated carbocycles. The summed E-state index contributed by atoms with van der Waals surface area (Å²) in [6.45, 7) is 4.31. The Balaban J connectivity index is 1.94. The molecule has 0 aliphatic rings. The van der Waals surface area contributed by atoms with Crippen LogP contribution in [0.1, 0.15) is 37.3 Å². The fourth-order valence-electron chi connectivity index (χ4n) is 2.16. The first kappa shape index (κ1) is 18.1. The molecule has 5 heteroatoms. The third-order valence-electron chi connectivity index (χ3n) is 3.57. The van der Waals surface area contributed by atoms with E-state index in [-0.39, 0.29) is 5.91 Å². The molecule has 0 radical (unpaired) electrons. The van der Waals surface area contributed by atoms with Crippen LogP contribution in [-0.4, -0.2) is 5.91 Å². The van der Waals surface area contributed by atoms with E-state index < -0.39 is 0 Å². The second-order valence-corrected chi connectivity index (χ2v) is 6.91. The SMILES string of the molecule is CC(C)c1ccc(CCC(=O)Nc2cc(Cl)c(Cl)cc2Cl)cc1. The van der Waals surface area contributed by atoms with Gasteiger partial charge in [0.05, 0.1) is 20.8 Å². The van der Waals surface area contributed by atoms with Crippen molar-refractivity contribution in [2.24, 2.45) is 0 Å². The van der Waals surface area contributed by atoms with Crippen molar-refractivity contribution < 1.29 is 4.79 Å².